The van der Waals surface area contributed by atoms with E-state index in [1.807, 2.05) is 11.0 Å². The van der Waals surface area contributed by atoms with Crippen molar-refractivity contribution in [2.24, 2.45) is 0 Å². The van der Waals surface area contributed by atoms with Gasteiger partial charge in [-0.1, -0.05) is 60.7 Å². The molecule has 0 radical (unpaired) electrons. The lowest BCUT2D eigenvalue weighted by atomic mass is 9.86. The van der Waals surface area contributed by atoms with Crippen LogP contribution in [0.1, 0.15) is 37.2 Å². The zero-order chi connectivity index (χ0) is 33.1. The molecule has 0 saturated carbocycles. The Labute approximate surface area is 278 Å². The van der Waals surface area contributed by atoms with Gasteiger partial charge in [0, 0.05) is 38.3 Å². The molecule has 2 aliphatic heterocycles. The quantitative estimate of drug-likeness (QED) is 0.197. The number of imidazole rings is 1. The van der Waals surface area contributed by atoms with Gasteiger partial charge in [0.1, 0.15) is 0 Å². The molecule has 7 rings (SSSR count). The minimum atomic E-state index is -2.83. The van der Waals surface area contributed by atoms with Crippen molar-refractivity contribution in [3.05, 3.63) is 89.7 Å². The predicted molar refractivity (Wildman–Crippen MR) is 182 cm³/mol. The largest absolute Gasteiger partial charge is 0.379 e. The maximum absolute atomic E-state index is 14.4. The molecule has 48 heavy (non-hydrogen) atoms. The van der Waals surface area contributed by atoms with Crippen LogP contribution in [0.5, 0.6) is 0 Å². The summed E-state index contributed by atoms with van der Waals surface area (Å²) in [6.45, 7) is 10.5. The van der Waals surface area contributed by atoms with Crippen molar-refractivity contribution >= 4 is 22.9 Å². The zero-order valence-corrected chi connectivity index (χ0v) is 27.3. The molecule has 250 valence electrons. The highest BCUT2D eigenvalue weighted by Gasteiger charge is 2.28. The minimum Gasteiger partial charge on any atom is -0.379 e. The van der Waals surface area contributed by atoms with Crippen molar-refractivity contribution in [2.75, 3.05) is 62.8 Å². The predicted octanol–water partition coefficient (Wildman–Crippen LogP) is 5.92. The van der Waals surface area contributed by atoms with Gasteiger partial charge in [-0.15, -0.1) is 0 Å². The Morgan fingerprint density at radius 3 is 2.21 bits per heavy atom. The van der Waals surface area contributed by atoms with Crippen LogP contribution in [0.15, 0.2) is 72.8 Å². The SMILES string of the molecule is CC(C)(Cc1c(CN2CCOCC2)cccc1-c1ccccc1)Nc1nc(N2CCOCC2)nc(-n2c(C(F)F)nc3ccccc32)n1. The molecule has 1 N–H and O–H groups in total. The maximum Gasteiger partial charge on any atom is 0.296 e. The van der Waals surface area contributed by atoms with Gasteiger partial charge in [0.15, 0.2) is 5.82 Å². The number of anilines is 2. The molecule has 2 aromatic heterocycles. The van der Waals surface area contributed by atoms with Crippen LogP contribution >= 0.6 is 0 Å². The van der Waals surface area contributed by atoms with Crippen molar-refractivity contribution in [1.29, 1.82) is 0 Å². The molecule has 3 aromatic carbocycles. The summed E-state index contributed by atoms with van der Waals surface area (Å²) in [5.74, 6) is 0.380. The van der Waals surface area contributed by atoms with Crippen LogP contribution in [0.3, 0.4) is 0 Å². The summed E-state index contributed by atoms with van der Waals surface area (Å²) >= 11 is 0. The third-order valence-corrected chi connectivity index (χ3v) is 8.81. The number of nitrogens with one attached hydrogen (secondary N) is 1. The van der Waals surface area contributed by atoms with Gasteiger partial charge in [-0.2, -0.15) is 15.0 Å². The number of hydrogen-bond donors (Lipinski definition) is 1. The Morgan fingerprint density at radius 1 is 0.771 bits per heavy atom. The molecule has 0 bridgehead atoms. The van der Waals surface area contributed by atoms with E-state index in [2.05, 4.69) is 71.5 Å². The Bertz CT molecular complexity index is 1850. The Hall–Kier alpha value is -4.52. The molecule has 4 heterocycles. The number of para-hydroxylation sites is 2. The molecule has 2 saturated heterocycles. The van der Waals surface area contributed by atoms with Gasteiger partial charge in [-0.25, -0.2) is 13.8 Å². The highest BCUT2D eigenvalue weighted by Crippen LogP contribution is 2.33. The summed E-state index contributed by atoms with van der Waals surface area (Å²) in [5, 5.41) is 3.58. The molecule has 0 amide bonds. The lowest BCUT2D eigenvalue weighted by Gasteiger charge is -2.32. The second kappa shape index (κ2) is 13.9. The van der Waals surface area contributed by atoms with Gasteiger partial charge >= 0.3 is 0 Å². The van der Waals surface area contributed by atoms with Crippen molar-refractivity contribution in [2.45, 2.75) is 38.8 Å². The lowest BCUT2D eigenvalue weighted by molar-refractivity contribution is 0.0340. The molecule has 2 aliphatic rings. The number of fused-ring (bicyclic) bond motifs is 1. The summed E-state index contributed by atoms with van der Waals surface area (Å²) in [6.07, 6.45) is -2.17. The summed E-state index contributed by atoms with van der Waals surface area (Å²) in [6, 6.07) is 24.0. The fourth-order valence-corrected chi connectivity index (χ4v) is 6.48. The van der Waals surface area contributed by atoms with Crippen LogP contribution in [0, 0.1) is 0 Å². The molecule has 10 nitrogen and oxygen atoms in total. The van der Waals surface area contributed by atoms with Gasteiger partial charge in [0.05, 0.1) is 37.5 Å². The van der Waals surface area contributed by atoms with Gasteiger partial charge in [0.2, 0.25) is 17.8 Å². The number of benzene rings is 3. The Balaban J connectivity index is 1.28. The average Bonchev–Trinajstić information content (AvgIpc) is 3.50. The third-order valence-electron chi connectivity index (χ3n) is 8.81. The summed E-state index contributed by atoms with van der Waals surface area (Å²) < 4.78 is 41.3. The van der Waals surface area contributed by atoms with E-state index >= 15 is 0 Å². The maximum atomic E-state index is 14.4. The van der Waals surface area contributed by atoms with Gasteiger partial charge in [-0.3, -0.25) is 9.47 Å². The van der Waals surface area contributed by atoms with Crippen molar-refractivity contribution in [3.63, 3.8) is 0 Å². The molecular formula is C36H40F2N8O2. The van der Waals surface area contributed by atoms with E-state index in [4.69, 9.17) is 24.4 Å². The Kier molecular flexibility index (Phi) is 9.29. The average molecular weight is 655 g/mol. The van der Waals surface area contributed by atoms with Crippen LogP contribution in [-0.4, -0.2) is 87.5 Å². The van der Waals surface area contributed by atoms with Crippen LogP contribution in [0.25, 0.3) is 28.1 Å². The van der Waals surface area contributed by atoms with E-state index in [1.54, 1.807) is 24.3 Å². The van der Waals surface area contributed by atoms with Crippen molar-refractivity contribution < 1.29 is 18.3 Å². The molecule has 0 atom stereocenters. The second-order valence-corrected chi connectivity index (χ2v) is 12.8. The van der Waals surface area contributed by atoms with Crippen molar-refractivity contribution in [1.82, 2.24) is 29.4 Å². The number of halogens is 2. The van der Waals surface area contributed by atoms with Crippen molar-refractivity contribution in [3.8, 4) is 17.1 Å². The number of aromatic nitrogens is 5. The van der Waals surface area contributed by atoms with Crippen LogP contribution < -0.4 is 10.2 Å². The molecule has 0 unspecified atom stereocenters. The minimum absolute atomic E-state index is 0.0893. The van der Waals surface area contributed by atoms with Crippen LogP contribution in [0.4, 0.5) is 20.7 Å². The first-order valence-corrected chi connectivity index (χ1v) is 16.4. The van der Waals surface area contributed by atoms with Gasteiger partial charge in [-0.05, 0) is 54.7 Å². The second-order valence-electron chi connectivity index (χ2n) is 12.8. The molecule has 0 aliphatic carbocycles. The third kappa shape index (κ3) is 7.01. The summed E-state index contributed by atoms with van der Waals surface area (Å²) in [5.41, 5.74) is 5.21. The highest BCUT2D eigenvalue weighted by atomic mass is 19.3. The van der Waals surface area contributed by atoms with E-state index in [9.17, 15) is 8.78 Å². The number of alkyl halides is 2. The highest BCUT2D eigenvalue weighted by molar-refractivity contribution is 5.77. The van der Waals surface area contributed by atoms with Crippen LogP contribution in [0.2, 0.25) is 0 Å². The van der Waals surface area contributed by atoms with Gasteiger partial charge in [0.25, 0.3) is 6.43 Å². The number of ether oxygens (including phenoxy) is 2. The first-order chi connectivity index (χ1) is 23.3. The number of morpholine rings is 2. The zero-order valence-electron chi connectivity index (χ0n) is 27.3. The number of rotatable bonds is 10. The summed E-state index contributed by atoms with van der Waals surface area (Å²) in [4.78, 5) is 23.0. The topological polar surface area (TPSA) is 93.5 Å². The van der Waals surface area contributed by atoms with E-state index in [-0.39, 0.29) is 5.95 Å². The Morgan fingerprint density at radius 2 is 1.46 bits per heavy atom. The smallest absolute Gasteiger partial charge is 0.296 e. The molecule has 0 spiro atoms. The monoisotopic (exact) mass is 654 g/mol. The molecule has 12 heteroatoms. The van der Waals surface area contributed by atoms with E-state index in [1.165, 1.54) is 21.3 Å². The summed E-state index contributed by atoms with van der Waals surface area (Å²) in [7, 11) is 0. The van der Waals surface area contributed by atoms with E-state index < -0.39 is 17.8 Å². The standard InChI is InChI=1S/C36H40F2N8O2/c1-36(2,23-28-26(24-44-15-19-47-20-16-44)11-8-12-27(28)25-9-4-3-5-10-25)43-33-40-34(45-17-21-48-22-18-45)42-35(41-33)46-30-14-7-6-13-29(30)39-32(46)31(37)38/h3-14,31H,15-24H2,1-2H3,(H,40,41,42,43). The van der Waals surface area contributed by atoms with E-state index in [0.29, 0.717) is 55.7 Å². The normalized spacial score (nSPS) is 16.1. The van der Waals surface area contributed by atoms with Gasteiger partial charge < -0.3 is 19.7 Å². The fourth-order valence-electron chi connectivity index (χ4n) is 6.48. The molecule has 2 fully saturated rings. The lowest BCUT2D eigenvalue weighted by Crippen LogP contribution is -2.39. The fraction of sp³-hybridized carbons (Fsp3) is 0.389. The first-order valence-electron chi connectivity index (χ1n) is 16.4. The number of hydrogen-bond acceptors (Lipinski definition) is 9. The first kappa shape index (κ1) is 32.0. The van der Waals surface area contributed by atoms with E-state index in [0.717, 1.165) is 38.4 Å². The molecular weight excluding hydrogens is 614 g/mol. The number of nitrogens with zero attached hydrogens (tertiary/aromatic N) is 7. The van der Waals surface area contributed by atoms with Crippen LogP contribution in [-0.2, 0) is 22.4 Å². The molecule has 5 aromatic rings.